The fraction of sp³-hybridized carbons (Fsp3) is 0.167. The lowest BCUT2D eigenvalue weighted by molar-refractivity contribution is -0.115. The smallest absolute Gasteiger partial charge is 0.237 e. The maximum atomic E-state index is 12.3. The van der Waals surface area contributed by atoms with Gasteiger partial charge in [-0.15, -0.1) is 5.10 Å². The first kappa shape index (κ1) is 17.8. The van der Waals surface area contributed by atoms with E-state index in [9.17, 15) is 9.59 Å². The molecular formula is C18H17N5O2S. The number of carbonyl (C=O) groups is 2. The van der Waals surface area contributed by atoms with Crippen LogP contribution in [0.2, 0.25) is 0 Å². The summed E-state index contributed by atoms with van der Waals surface area (Å²) < 4.78 is 0. The number of rotatable bonds is 6. The van der Waals surface area contributed by atoms with Crippen LogP contribution in [0.3, 0.4) is 0 Å². The third-order valence-electron chi connectivity index (χ3n) is 3.63. The summed E-state index contributed by atoms with van der Waals surface area (Å²) in [4.78, 5) is 32.0. The Morgan fingerprint density at radius 3 is 2.46 bits per heavy atom. The molecule has 1 atom stereocenters. The lowest BCUT2D eigenvalue weighted by Gasteiger charge is -2.10. The number of H-pyrrole nitrogens is 1. The van der Waals surface area contributed by atoms with E-state index in [1.807, 2.05) is 12.1 Å². The topological polar surface area (TPSA) is 101 Å². The van der Waals surface area contributed by atoms with E-state index in [-0.39, 0.29) is 16.9 Å². The molecule has 0 bridgehead atoms. The van der Waals surface area contributed by atoms with Crippen LogP contribution >= 0.6 is 11.8 Å². The van der Waals surface area contributed by atoms with E-state index in [1.54, 1.807) is 43.6 Å². The highest BCUT2D eigenvalue weighted by Crippen LogP contribution is 2.23. The van der Waals surface area contributed by atoms with Gasteiger partial charge >= 0.3 is 0 Å². The second kappa shape index (κ2) is 7.92. The van der Waals surface area contributed by atoms with Gasteiger partial charge in [-0.05, 0) is 50.2 Å². The Morgan fingerprint density at radius 1 is 1.12 bits per heavy atom. The first-order valence-corrected chi connectivity index (χ1v) is 8.82. The van der Waals surface area contributed by atoms with Crippen molar-refractivity contribution in [3.63, 3.8) is 0 Å². The summed E-state index contributed by atoms with van der Waals surface area (Å²) in [6.07, 6.45) is 3.36. The number of hydrogen-bond donors (Lipinski definition) is 2. The number of aromatic nitrogens is 4. The Kier molecular flexibility index (Phi) is 5.43. The van der Waals surface area contributed by atoms with E-state index in [4.69, 9.17) is 0 Å². The third-order valence-corrected chi connectivity index (χ3v) is 4.59. The van der Waals surface area contributed by atoms with Crippen LogP contribution in [-0.2, 0) is 4.79 Å². The Labute approximate surface area is 154 Å². The molecule has 26 heavy (non-hydrogen) atoms. The maximum absolute atomic E-state index is 12.3. The molecule has 2 heterocycles. The van der Waals surface area contributed by atoms with Crippen molar-refractivity contribution in [1.82, 2.24) is 20.2 Å². The van der Waals surface area contributed by atoms with E-state index in [0.717, 1.165) is 5.56 Å². The van der Waals surface area contributed by atoms with Gasteiger partial charge in [-0.2, -0.15) is 0 Å². The van der Waals surface area contributed by atoms with E-state index in [1.165, 1.54) is 18.7 Å². The molecule has 2 N–H and O–H groups in total. The number of amides is 1. The van der Waals surface area contributed by atoms with Crippen LogP contribution in [0.1, 0.15) is 24.2 Å². The quantitative estimate of drug-likeness (QED) is 0.513. The number of hydrogen-bond acceptors (Lipinski definition) is 6. The number of anilines is 1. The first-order chi connectivity index (χ1) is 12.5. The number of nitrogens with zero attached hydrogens (tertiary/aromatic N) is 3. The van der Waals surface area contributed by atoms with Gasteiger partial charge in [0.2, 0.25) is 11.1 Å². The van der Waals surface area contributed by atoms with Crippen LogP contribution in [0.25, 0.3) is 11.4 Å². The van der Waals surface area contributed by atoms with E-state index in [2.05, 4.69) is 25.5 Å². The molecule has 0 saturated heterocycles. The second-order valence-corrected chi connectivity index (χ2v) is 6.89. The Balaban J connectivity index is 1.61. The van der Waals surface area contributed by atoms with Crippen LogP contribution in [-0.4, -0.2) is 37.1 Å². The predicted octanol–water partition coefficient (Wildman–Crippen LogP) is 3.19. The molecule has 132 valence electrons. The van der Waals surface area contributed by atoms with E-state index >= 15 is 0 Å². The molecule has 0 aliphatic heterocycles. The van der Waals surface area contributed by atoms with Crippen molar-refractivity contribution < 1.29 is 9.59 Å². The number of benzene rings is 1. The fourth-order valence-corrected chi connectivity index (χ4v) is 2.91. The standard InChI is InChI=1S/C18H17N5O2S/c1-11(24)13-3-5-15(6-4-13)20-17(25)12(2)26-18-21-16(22-23-18)14-7-9-19-10-8-14/h3-10,12H,1-2H3,(H,20,25)(H,21,22,23). The molecule has 3 aromatic rings. The summed E-state index contributed by atoms with van der Waals surface area (Å²) in [6.45, 7) is 3.29. The lowest BCUT2D eigenvalue weighted by Crippen LogP contribution is -2.22. The number of pyridine rings is 1. The molecule has 1 aromatic carbocycles. The maximum Gasteiger partial charge on any atom is 0.237 e. The van der Waals surface area contributed by atoms with Crippen LogP contribution in [0, 0.1) is 0 Å². The van der Waals surface area contributed by atoms with Gasteiger partial charge in [0, 0.05) is 29.2 Å². The summed E-state index contributed by atoms with van der Waals surface area (Å²) in [5.74, 6) is 0.449. The highest BCUT2D eigenvalue weighted by Gasteiger charge is 2.17. The van der Waals surface area contributed by atoms with Crippen molar-refractivity contribution in [2.24, 2.45) is 0 Å². The number of ketones is 1. The zero-order valence-corrected chi connectivity index (χ0v) is 15.1. The highest BCUT2D eigenvalue weighted by molar-refractivity contribution is 8.00. The van der Waals surface area contributed by atoms with Crippen LogP contribution in [0.15, 0.2) is 53.9 Å². The average molecular weight is 367 g/mol. The van der Waals surface area contributed by atoms with Gasteiger partial charge in [-0.1, -0.05) is 11.8 Å². The van der Waals surface area contributed by atoms with Crippen molar-refractivity contribution in [1.29, 1.82) is 0 Å². The normalized spacial score (nSPS) is 11.8. The van der Waals surface area contributed by atoms with Gasteiger partial charge in [0.15, 0.2) is 11.6 Å². The summed E-state index contributed by atoms with van der Waals surface area (Å²) in [7, 11) is 0. The van der Waals surface area contributed by atoms with Gasteiger partial charge in [0.25, 0.3) is 0 Å². The molecule has 2 aromatic heterocycles. The summed E-state index contributed by atoms with van der Waals surface area (Å²) in [6, 6.07) is 10.4. The zero-order chi connectivity index (χ0) is 18.5. The van der Waals surface area contributed by atoms with Crippen molar-refractivity contribution in [2.75, 3.05) is 5.32 Å². The number of nitrogens with one attached hydrogen (secondary N) is 2. The lowest BCUT2D eigenvalue weighted by atomic mass is 10.1. The minimum atomic E-state index is -0.386. The second-order valence-electron chi connectivity index (χ2n) is 5.59. The molecule has 0 aliphatic carbocycles. The fourth-order valence-electron chi connectivity index (χ4n) is 2.18. The highest BCUT2D eigenvalue weighted by atomic mass is 32.2. The third kappa shape index (κ3) is 4.34. The van der Waals surface area contributed by atoms with Crippen molar-refractivity contribution >= 4 is 29.1 Å². The first-order valence-electron chi connectivity index (χ1n) is 7.94. The van der Waals surface area contributed by atoms with Crippen molar-refractivity contribution in [3.05, 3.63) is 54.4 Å². The molecule has 0 radical (unpaired) electrons. The van der Waals surface area contributed by atoms with Crippen molar-refractivity contribution in [2.45, 2.75) is 24.3 Å². The average Bonchev–Trinajstić information content (AvgIpc) is 3.11. The molecule has 1 amide bonds. The monoisotopic (exact) mass is 367 g/mol. The SMILES string of the molecule is CC(=O)c1ccc(NC(=O)C(C)Sc2n[nH]c(-c3ccncc3)n2)cc1. The van der Waals surface area contributed by atoms with Gasteiger partial charge in [0.05, 0.1) is 5.25 Å². The van der Waals surface area contributed by atoms with Crippen LogP contribution < -0.4 is 5.32 Å². The molecule has 1 unspecified atom stereocenters. The molecule has 0 saturated carbocycles. The van der Waals surface area contributed by atoms with E-state index < -0.39 is 0 Å². The van der Waals surface area contributed by atoms with Crippen molar-refractivity contribution in [3.8, 4) is 11.4 Å². The number of aromatic amines is 1. The molecule has 0 fully saturated rings. The van der Waals surface area contributed by atoms with Gasteiger partial charge < -0.3 is 5.32 Å². The Morgan fingerprint density at radius 2 is 1.81 bits per heavy atom. The number of Topliss-reactive ketones (excluding diaryl/α,β-unsaturated/α-hetero) is 1. The summed E-state index contributed by atoms with van der Waals surface area (Å²) >= 11 is 1.26. The van der Waals surface area contributed by atoms with Gasteiger partial charge in [-0.3, -0.25) is 19.7 Å². The Bertz CT molecular complexity index is 909. The van der Waals surface area contributed by atoms with Gasteiger partial charge in [0.1, 0.15) is 0 Å². The molecule has 0 aliphatic rings. The summed E-state index contributed by atoms with van der Waals surface area (Å²) in [5.41, 5.74) is 2.12. The minimum Gasteiger partial charge on any atom is -0.325 e. The zero-order valence-electron chi connectivity index (χ0n) is 14.3. The largest absolute Gasteiger partial charge is 0.325 e. The summed E-state index contributed by atoms with van der Waals surface area (Å²) in [5, 5.41) is 9.93. The molecule has 8 heteroatoms. The minimum absolute atomic E-state index is 0.0126. The molecule has 3 rings (SSSR count). The van der Waals surface area contributed by atoms with E-state index in [0.29, 0.717) is 22.2 Å². The van der Waals surface area contributed by atoms with Crippen LogP contribution in [0.4, 0.5) is 5.69 Å². The number of carbonyl (C=O) groups excluding carboxylic acids is 2. The predicted molar refractivity (Wildman–Crippen MR) is 100 cm³/mol. The molecular weight excluding hydrogens is 350 g/mol. The molecule has 0 spiro atoms. The molecule has 7 nitrogen and oxygen atoms in total. The Hall–Kier alpha value is -3.00. The van der Waals surface area contributed by atoms with Gasteiger partial charge in [-0.25, -0.2) is 4.98 Å². The number of thioether (sulfide) groups is 1. The van der Waals surface area contributed by atoms with Crippen LogP contribution in [0.5, 0.6) is 0 Å².